The molecule has 0 atom stereocenters. The Morgan fingerprint density at radius 2 is 0.940 bits per heavy atom. The smallest absolute Gasteiger partial charge is 0.313 e. The Hall–Kier alpha value is -5.53. The van der Waals surface area contributed by atoms with Crippen LogP contribution in [0.1, 0.15) is 0 Å². The first-order chi connectivity index (χ1) is 31.3. The Morgan fingerprint density at radius 1 is 0.522 bits per heavy atom. The van der Waals surface area contributed by atoms with Crippen LogP contribution in [-0.4, -0.2) is 61.0 Å². The Balaban J connectivity index is 0.000000197. The maximum Gasteiger partial charge on any atom is 0.313 e. The summed E-state index contributed by atoms with van der Waals surface area (Å²) in [5, 5.41) is 40.0. The van der Waals surface area contributed by atoms with Crippen LogP contribution in [0.4, 0.5) is 11.4 Å². The van der Waals surface area contributed by atoms with E-state index in [1.54, 1.807) is 54.6 Å². The van der Waals surface area contributed by atoms with Gasteiger partial charge in [0, 0.05) is 30.2 Å². The highest BCUT2D eigenvalue weighted by Gasteiger charge is 2.29. The molecule has 24 heteroatoms. The van der Waals surface area contributed by atoms with Crippen molar-refractivity contribution in [3.05, 3.63) is 181 Å². The number of halogens is 4. The van der Waals surface area contributed by atoms with Crippen molar-refractivity contribution in [3.63, 3.8) is 0 Å². The van der Waals surface area contributed by atoms with Gasteiger partial charge in [0.15, 0.2) is 5.75 Å². The van der Waals surface area contributed by atoms with Crippen molar-refractivity contribution >= 4 is 108 Å². The second-order valence-electron chi connectivity index (χ2n) is 13.0. The lowest BCUT2D eigenvalue weighted by atomic mass is 10.3. The Labute approximate surface area is 415 Å². The first-order valence-corrected chi connectivity index (χ1v) is 27.4. The van der Waals surface area contributed by atoms with Gasteiger partial charge in [-0.25, -0.2) is 33.7 Å². The quantitative estimate of drug-likeness (QED) is 0.0344. The number of phenols is 3. The normalized spacial score (nSPS) is 11.3. The lowest BCUT2D eigenvalue weighted by molar-refractivity contribution is -0.386. The minimum atomic E-state index is -4.03. The molecule has 0 aliphatic carbocycles. The third-order valence-electron chi connectivity index (χ3n) is 8.59. The average molecular weight is 1210 g/mol. The Bertz CT molecular complexity index is 3290. The summed E-state index contributed by atoms with van der Waals surface area (Å²) in [5.74, 6) is -1.30. The molecule has 7 rings (SSSR count). The summed E-state index contributed by atoms with van der Waals surface area (Å²) < 4.78 is 102. The zero-order valence-corrected chi connectivity index (χ0v) is 42.8. The number of anilines is 1. The van der Waals surface area contributed by atoms with Gasteiger partial charge in [-0.2, -0.15) is 0 Å². The van der Waals surface area contributed by atoms with Crippen LogP contribution < -0.4 is 10.5 Å². The first-order valence-electron chi connectivity index (χ1n) is 18.3. The molecule has 0 radical (unpaired) electrons. The van der Waals surface area contributed by atoms with E-state index in [4.69, 9.17) is 21.2 Å². The van der Waals surface area contributed by atoms with Crippen molar-refractivity contribution in [2.45, 2.75) is 34.3 Å². The van der Waals surface area contributed by atoms with Crippen LogP contribution in [0.15, 0.2) is 205 Å². The number of nitro groups is 1. The largest absolute Gasteiger partial charge is 0.507 e. The van der Waals surface area contributed by atoms with Crippen molar-refractivity contribution in [1.29, 1.82) is 0 Å². The van der Waals surface area contributed by atoms with E-state index in [1.807, 2.05) is 0 Å². The van der Waals surface area contributed by atoms with E-state index in [9.17, 15) is 59.1 Å². The minimum Gasteiger partial charge on any atom is -0.507 e. The van der Waals surface area contributed by atoms with Gasteiger partial charge in [0.2, 0.25) is 35.3 Å². The van der Waals surface area contributed by atoms with Crippen LogP contribution in [0.25, 0.3) is 0 Å². The predicted octanol–water partition coefficient (Wildman–Crippen LogP) is 10.1. The molecule has 16 nitrogen and oxygen atoms in total. The summed E-state index contributed by atoms with van der Waals surface area (Å²) >= 11 is 9.33. The van der Waals surface area contributed by atoms with Crippen LogP contribution in [0.5, 0.6) is 23.0 Å². The summed E-state index contributed by atoms with van der Waals surface area (Å²) in [7, 11) is -8.61. The number of benzene rings is 7. The molecule has 0 heterocycles. The molecule has 67 heavy (non-hydrogen) atoms. The van der Waals surface area contributed by atoms with Gasteiger partial charge in [-0.3, -0.25) is 10.1 Å². The molecule has 0 bridgehead atoms. The summed E-state index contributed by atoms with van der Waals surface area (Å²) in [5.41, 5.74) is 4.85. The van der Waals surface area contributed by atoms with Gasteiger partial charge < -0.3 is 25.8 Å². The highest BCUT2D eigenvalue weighted by atomic mass is 79.9. The number of para-hydroxylation sites is 1. The average Bonchev–Trinajstić information content (AvgIpc) is 3.29. The molecule has 0 aromatic heterocycles. The third-order valence-corrected chi connectivity index (χ3v) is 16.8. The Morgan fingerprint density at radius 3 is 1.39 bits per heavy atom. The molecular weight excluding hydrogens is 1170 g/mol. The number of nitrogens with two attached hydrogens (primary N) is 1. The molecule has 0 spiro atoms. The third kappa shape index (κ3) is 13.8. The van der Waals surface area contributed by atoms with Crippen molar-refractivity contribution in [2.24, 2.45) is 0 Å². The number of methoxy groups -OCH3 is 1. The van der Waals surface area contributed by atoms with Gasteiger partial charge in [-0.15, -0.1) is 0 Å². The second-order valence-corrected chi connectivity index (χ2v) is 24.1. The predicted molar refractivity (Wildman–Crippen MR) is 260 cm³/mol. The summed E-state index contributed by atoms with van der Waals surface area (Å²) in [6.45, 7) is 0. The van der Waals surface area contributed by atoms with Crippen LogP contribution in [0.2, 0.25) is 0 Å². The number of aromatic hydroxyl groups is 3. The van der Waals surface area contributed by atoms with E-state index >= 15 is 0 Å². The van der Waals surface area contributed by atoms with Crippen LogP contribution >= 0.6 is 58.5 Å². The lowest BCUT2D eigenvalue weighted by Gasteiger charge is -2.07. The van der Waals surface area contributed by atoms with Crippen molar-refractivity contribution in [3.8, 4) is 23.0 Å². The molecular formula is C43H34Br3ClN2O14S4. The number of phenolic OH excluding ortho intramolecular Hbond substituents is 3. The zero-order valence-electron chi connectivity index (χ0n) is 34.0. The molecule has 5 N–H and O–H groups in total. The molecule has 0 aliphatic rings. The second kappa shape index (κ2) is 23.0. The van der Waals surface area contributed by atoms with Gasteiger partial charge in [0.1, 0.15) is 31.1 Å². The maximum atomic E-state index is 12.4. The molecule has 7 aromatic carbocycles. The number of hydrogen-bond donors (Lipinski definition) is 4. The topological polar surface area (TPSA) is 276 Å². The number of ether oxygens (including phenoxy) is 1. The van der Waals surface area contributed by atoms with Gasteiger partial charge >= 0.3 is 5.69 Å². The van der Waals surface area contributed by atoms with Gasteiger partial charge in [0.25, 0.3) is 9.05 Å². The van der Waals surface area contributed by atoms with Gasteiger partial charge in [-0.1, -0.05) is 108 Å². The summed E-state index contributed by atoms with van der Waals surface area (Å²) in [4.78, 5) is 9.39. The van der Waals surface area contributed by atoms with Crippen molar-refractivity contribution < 1.29 is 58.7 Å². The number of nitro benzene ring substituents is 1. The van der Waals surface area contributed by atoms with E-state index in [1.165, 1.54) is 98.1 Å². The van der Waals surface area contributed by atoms with Gasteiger partial charge in [-0.05, 0) is 91.0 Å². The standard InChI is InChI=1S/C12H8BrNO5S.C12H9BrO3S.C12H11NO3S.C7H6BrClO3S/c13-8-6-10(14(16)17)12(15)11(7-8)20(18,19)9-4-2-1-3-5-9;13-9-6-7-11(14)12(8-9)17(15,16)10-4-2-1-3-5-10;13-10-7-4-8-11(12(10)14)17(15,16)9-5-2-1-3-6-9;1-12-6-3-2-5(8)4-7(6)13(9,10)11/h1-7,15H;1-8,14H;1-8,14H,13H2;2-4H,1H3. The summed E-state index contributed by atoms with van der Waals surface area (Å²) in [6.07, 6.45) is 0. The molecule has 0 aliphatic heterocycles. The highest BCUT2D eigenvalue weighted by molar-refractivity contribution is 9.11. The molecule has 0 amide bonds. The summed E-state index contributed by atoms with van der Waals surface area (Å²) in [6, 6.07) is 38.6. The molecule has 352 valence electrons. The van der Waals surface area contributed by atoms with Crippen LogP contribution in [0.3, 0.4) is 0 Å². The van der Waals surface area contributed by atoms with E-state index in [0.29, 0.717) is 8.95 Å². The van der Waals surface area contributed by atoms with Gasteiger partial charge in [0.05, 0.1) is 32.4 Å². The van der Waals surface area contributed by atoms with E-state index in [-0.39, 0.29) is 51.0 Å². The van der Waals surface area contributed by atoms with Crippen LogP contribution in [-0.2, 0) is 38.6 Å². The fraction of sp³-hybridized carbons (Fsp3) is 0.0233. The molecule has 0 saturated heterocycles. The van der Waals surface area contributed by atoms with E-state index in [2.05, 4.69) is 47.8 Å². The van der Waals surface area contributed by atoms with Crippen LogP contribution in [0, 0.1) is 10.1 Å². The number of hydrogen-bond acceptors (Lipinski definition) is 15. The fourth-order valence-electron chi connectivity index (χ4n) is 5.38. The minimum absolute atomic E-state index is 0.0361. The first kappa shape index (κ1) is 54.1. The number of nitrogens with zero attached hydrogens (tertiary/aromatic N) is 1. The molecule has 0 fully saturated rings. The fourth-order valence-corrected chi connectivity index (χ4v) is 12.2. The van der Waals surface area contributed by atoms with Crippen molar-refractivity contribution in [1.82, 2.24) is 0 Å². The van der Waals surface area contributed by atoms with Crippen molar-refractivity contribution in [2.75, 3.05) is 12.8 Å². The number of sulfone groups is 3. The monoisotopic (exact) mass is 1200 g/mol. The number of rotatable bonds is 9. The van der Waals surface area contributed by atoms with E-state index < -0.39 is 65.6 Å². The molecule has 0 unspecified atom stereocenters. The van der Waals surface area contributed by atoms with E-state index in [0.717, 1.165) is 12.1 Å². The zero-order chi connectivity index (χ0) is 49.9. The Kier molecular flexibility index (Phi) is 18.5. The lowest BCUT2D eigenvalue weighted by Crippen LogP contribution is -2.03. The number of nitrogen functional groups attached to an aromatic ring is 1. The maximum absolute atomic E-state index is 12.4. The molecule has 7 aromatic rings. The highest BCUT2D eigenvalue weighted by Crippen LogP contribution is 2.39. The SMILES string of the molecule is COc1ccc(Br)cc1S(=O)(=O)Cl.Nc1cccc(S(=O)(=O)c2ccccc2)c1O.O=S(=O)(c1ccccc1)c1cc(Br)ccc1O.O=[N+]([O-])c1cc(Br)cc(S(=O)(=O)c2ccccc2)c1O. The molecule has 0 saturated carbocycles.